The quantitative estimate of drug-likeness (QED) is 0.395. The summed E-state index contributed by atoms with van der Waals surface area (Å²) in [5.74, 6) is 0.863. The molecule has 1 aromatic heterocycles. The Labute approximate surface area is 190 Å². The first kappa shape index (κ1) is 25.6. The third-order valence-electron chi connectivity index (χ3n) is 5.27. The van der Waals surface area contributed by atoms with E-state index in [9.17, 15) is 14.0 Å². The average molecular weight is 447 g/mol. The molecule has 0 saturated heterocycles. The molecule has 0 unspecified atom stereocenters. The van der Waals surface area contributed by atoms with Gasteiger partial charge in [0.15, 0.2) is 0 Å². The first-order valence-corrected chi connectivity index (χ1v) is 11.3. The third-order valence-corrected chi connectivity index (χ3v) is 5.27. The first-order valence-electron chi connectivity index (χ1n) is 11.3. The van der Waals surface area contributed by atoms with Crippen LogP contribution in [0, 0.1) is 12.7 Å². The van der Waals surface area contributed by atoms with Crippen LogP contribution in [-0.2, 0) is 27.4 Å². The normalized spacial score (nSPS) is 10.9. The number of carbonyl (C=O) groups is 2. The number of rotatable bonds is 14. The molecule has 0 aliphatic heterocycles. The number of carbonyl (C=O) groups excluding carboxylic acids is 2. The molecule has 0 N–H and O–H groups in total. The van der Waals surface area contributed by atoms with Crippen molar-refractivity contribution in [2.24, 2.45) is 0 Å². The largest absolute Gasteiger partial charge is 0.464 e. The summed E-state index contributed by atoms with van der Waals surface area (Å²) in [5.41, 5.74) is 0.803. The Kier molecular flexibility index (Phi) is 10.9. The van der Waals surface area contributed by atoms with E-state index in [0.717, 1.165) is 37.0 Å². The van der Waals surface area contributed by atoms with Crippen molar-refractivity contribution in [1.29, 1.82) is 0 Å². The van der Waals surface area contributed by atoms with E-state index in [1.807, 2.05) is 19.1 Å². The van der Waals surface area contributed by atoms with Crippen molar-refractivity contribution in [1.82, 2.24) is 9.80 Å². The lowest BCUT2D eigenvalue weighted by atomic mass is 10.1. The molecule has 0 saturated carbocycles. The maximum Gasteiger partial charge on any atom is 0.242 e. The molecule has 2 aromatic rings. The number of unbranched alkanes of at least 4 members (excludes halogenated alkanes) is 3. The topological polar surface area (TPSA) is 63.0 Å². The molecular formula is C25H35FN2O4. The number of methoxy groups -OCH3 is 1. The van der Waals surface area contributed by atoms with Crippen LogP contribution >= 0.6 is 0 Å². The van der Waals surface area contributed by atoms with Crippen molar-refractivity contribution in [3.63, 3.8) is 0 Å². The maximum atomic E-state index is 13.3. The van der Waals surface area contributed by atoms with E-state index in [1.54, 1.807) is 29.0 Å². The van der Waals surface area contributed by atoms with Gasteiger partial charge in [0.25, 0.3) is 0 Å². The minimum absolute atomic E-state index is 0.0309. The van der Waals surface area contributed by atoms with Gasteiger partial charge in [-0.25, -0.2) is 4.39 Å². The van der Waals surface area contributed by atoms with Gasteiger partial charge in [-0.05, 0) is 43.2 Å². The van der Waals surface area contributed by atoms with Gasteiger partial charge in [0, 0.05) is 26.6 Å². The Bertz CT molecular complexity index is 835. The Morgan fingerprint density at radius 1 is 0.969 bits per heavy atom. The number of furan rings is 1. The summed E-state index contributed by atoms with van der Waals surface area (Å²) in [6.45, 7) is 5.23. The predicted molar refractivity (Wildman–Crippen MR) is 121 cm³/mol. The van der Waals surface area contributed by atoms with Crippen molar-refractivity contribution in [2.75, 3.05) is 26.8 Å². The van der Waals surface area contributed by atoms with Gasteiger partial charge in [0.1, 0.15) is 17.3 Å². The van der Waals surface area contributed by atoms with Gasteiger partial charge in [0.05, 0.1) is 19.7 Å². The van der Waals surface area contributed by atoms with Crippen molar-refractivity contribution < 1.29 is 23.1 Å². The fraction of sp³-hybridized carbons (Fsp3) is 0.520. The molecule has 0 bridgehead atoms. The zero-order valence-electron chi connectivity index (χ0n) is 19.4. The molecule has 1 heterocycles. The molecule has 0 aliphatic carbocycles. The lowest BCUT2D eigenvalue weighted by Gasteiger charge is -2.27. The Balaban J connectivity index is 2.10. The van der Waals surface area contributed by atoms with Crippen molar-refractivity contribution in [3.8, 4) is 0 Å². The monoisotopic (exact) mass is 446 g/mol. The van der Waals surface area contributed by atoms with Gasteiger partial charge in [-0.3, -0.25) is 9.59 Å². The van der Waals surface area contributed by atoms with Crippen LogP contribution < -0.4 is 0 Å². The Morgan fingerprint density at radius 2 is 1.72 bits per heavy atom. The molecule has 32 heavy (non-hydrogen) atoms. The molecule has 0 aliphatic rings. The minimum atomic E-state index is -0.326. The summed E-state index contributed by atoms with van der Waals surface area (Å²) < 4.78 is 24.1. The lowest BCUT2D eigenvalue weighted by molar-refractivity contribution is -0.142. The van der Waals surface area contributed by atoms with E-state index >= 15 is 0 Å². The van der Waals surface area contributed by atoms with Gasteiger partial charge in [0.2, 0.25) is 11.8 Å². The molecule has 176 valence electrons. The molecule has 0 fully saturated rings. The van der Waals surface area contributed by atoms with E-state index in [2.05, 4.69) is 6.92 Å². The Hall–Kier alpha value is -2.67. The number of aryl methyl sites for hydroxylation is 1. The van der Waals surface area contributed by atoms with Crippen LogP contribution in [0.25, 0.3) is 0 Å². The van der Waals surface area contributed by atoms with Gasteiger partial charge in [-0.15, -0.1) is 0 Å². The first-order chi connectivity index (χ1) is 15.4. The van der Waals surface area contributed by atoms with Crippen LogP contribution in [0.3, 0.4) is 0 Å². The van der Waals surface area contributed by atoms with Gasteiger partial charge >= 0.3 is 0 Å². The number of amides is 2. The molecule has 1 aromatic carbocycles. The van der Waals surface area contributed by atoms with E-state index in [1.165, 1.54) is 12.1 Å². The van der Waals surface area contributed by atoms with E-state index in [-0.39, 0.29) is 30.7 Å². The highest BCUT2D eigenvalue weighted by molar-refractivity contribution is 5.84. The summed E-state index contributed by atoms with van der Waals surface area (Å²) in [6, 6.07) is 9.75. The zero-order chi connectivity index (χ0) is 23.3. The summed E-state index contributed by atoms with van der Waals surface area (Å²) in [5, 5.41) is 0. The second kappa shape index (κ2) is 13.7. The average Bonchev–Trinajstić information content (AvgIpc) is 3.19. The zero-order valence-corrected chi connectivity index (χ0v) is 19.4. The summed E-state index contributed by atoms with van der Waals surface area (Å²) >= 11 is 0. The van der Waals surface area contributed by atoms with Crippen LogP contribution in [0.2, 0.25) is 0 Å². The standard InChI is InChI=1S/C25H35FN2O4/c1-4-5-6-7-8-24(29)27(15-16-31-3)19-25(30)28(18-23-14-9-20(2)32-23)17-21-10-12-22(26)13-11-21/h9-14H,4-8,15-19H2,1-3H3. The highest BCUT2D eigenvalue weighted by atomic mass is 19.1. The molecule has 0 radical (unpaired) electrons. The smallest absolute Gasteiger partial charge is 0.242 e. The minimum Gasteiger partial charge on any atom is -0.464 e. The predicted octanol–water partition coefficient (Wildman–Crippen LogP) is 4.70. The molecule has 0 spiro atoms. The maximum absolute atomic E-state index is 13.3. The number of ether oxygens (including phenoxy) is 1. The van der Waals surface area contributed by atoms with Gasteiger partial charge in [-0.1, -0.05) is 38.3 Å². The van der Waals surface area contributed by atoms with Gasteiger partial charge in [-0.2, -0.15) is 0 Å². The van der Waals surface area contributed by atoms with Crippen LogP contribution in [0.5, 0.6) is 0 Å². The molecular weight excluding hydrogens is 411 g/mol. The van der Waals surface area contributed by atoms with Crippen LogP contribution in [0.4, 0.5) is 4.39 Å². The summed E-state index contributed by atoms with van der Waals surface area (Å²) in [6.07, 6.45) is 4.44. The highest BCUT2D eigenvalue weighted by Gasteiger charge is 2.22. The van der Waals surface area contributed by atoms with Crippen molar-refractivity contribution in [2.45, 2.75) is 59.0 Å². The SMILES string of the molecule is CCCCCCC(=O)N(CCOC)CC(=O)N(Cc1ccc(F)cc1)Cc1ccc(C)o1. The number of hydrogen-bond donors (Lipinski definition) is 0. The van der Waals surface area contributed by atoms with E-state index in [4.69, 9.17) is 9.15 Å². The van der Waals surface area contributed by atoms with Crippen LogP contribution in [-0.4, -0.2) is 48.4 Å². The molecule has 2 rings (SSSR count). The number of hydrogen-bond acceptors (Lipinski definition) is 4. The number of halogens is 1. The number of nitrogens with zero attached hydrogens (tertiary/aromatic N) is 2. The molecule has 7 heteroatoms. The van der Waals surface area contributed by atoms with E-state index in [0.29, 0.717) is 31.9 Å². The van der Waals surface area contributed by atoms with Gasteiger partial charge < -0.3 is 19.0 Å². The van der Waals surface area contributed by atoms with Crippen LogP contribution in [0.1, 0.15) is 56.1 Å². The number of benzene rings is 1. The van der Waals surface area contributed by atoms with Crippen molar-refractivity contribution >= 4 is 11.8 Å². The van der Waals surface area contributed by atoms with Crippen molar-refractivity contribution in [3.05, 3.63) is 59.3 Å². The summed E-state index contributed by atoms with van der Waals surface area (Å²) in [7, 11) is 1.58. The molecule has 2 amide bonds. The molecule has 6 nitrogen and oxygen atoms in total. The lowest BCUT2D eigenvalue weighted by Crippen LogP contribution is -2.43. The van der Waals surface area contributed by atoms with E-state index < -0.39 is 0 Å². The fourth-order valence-corrected chi connectivity index (χ4v) is 3.42. The third kappa shape index (κ3) is 8.83. The molecule has 0 atom stereocenters. The van der Waals surface area contributed by atoms with Crippen LogP contribution in [0.15, 0.2) is 40.8 Å². The highest BCUT2D eigenvalue weighted by Crippen LogP contribution is 2.15. The fourth-order valence-electron chi connectivity index (χ4n) is 3.42. The second-order valence-corrected chi connectivity index (χ2v) is 8.01. The Morgan fingerprint density at radius 3 is 2.34 bits per heavy atom. The summed E-state index contributed by atoms with van der Waals surface area (Å²) in [4.78, 5) is 29.2. The second-order valence-electron chi connectivity index (χ2n) is 8.01.